The minimum absolute atomic E-state index is 0.482. The lowest BCUT2D eigenvalue weighted by Gasteiger charge is -2.26. The molecule has 0 amide bonds. The third kappa shape index (κ3) is 23.8. The molecule has 0 spiro atoms. The molecule has 2 heteroatoms. The molecule has 0 saturated heterocycles. The Balaban J connectivity index is 0.00000191. The summed E-state index contributed by atoms with van der Waals surface area (Å²) in [5.41, 5.74) is 9.06. The smallest absolute Gasteiger partial charge is 0.293 e. The van der Waals surface area contributed by atoms with Crippen molar-refractivity contribution >= 4 is 6.47 Å². The van der Waals surface area contributed by atoms with Gasteiger partial charge in [-0.1, -0.05) is 90.7 Å². The molecule has 40 heavy (non-hydrogen) atoms. The van der Waals surface area contributed by atoms with Crippen LogP contribution in [0.5, 0.6) is 0 Å². The van der Waals surface area contributed by atoms with Crippen LogP contribution in [0.2, 0.25) is 0 Å². The van der Waals surface area contributed by atoms with Crippen molar-refractivity contribution in [2.45, 2.75) is 145 Å². The third-order valence-corrected chi connectivity index (χ3v) is 7.47. The van der Waals surface area contributed by atoms with Gasteiger partial charge in [-0.15, -0.1) is 0 Å². The summed E-state index contributed by atoms with van der Waals surface area (Å²) >= 11 is 0. The normalized spacial score (nSPS) is 17.2. The number of carbonyl (C=O) groups is 1. The van der Waals surface area contributed by atoms with E-state index in [1.807, 2.05) is 6.92 Å². The van der Waals surface area contributed by atoms with Crippen molar-refractivity contribution in [3.63, 3.8) is 0 Å². The van der Waals surface area contributed by atoms with Crippen LogP contribution in [-0.4, -0.2) is 13.1 Å². The van der Waals surface area contributed by atoms with Crippen molar-refractivity contribution in [2.75, 3.05) is 6.61 Å². The predicted molar refractivity (Wildman–Crippen MR) is 179 cm³/mol. The molecule has 0 N–H and O–H groups in total. The van der Waals surface area contributed by atoms with E-state index in [-0.39, 0.29) is 0 Å². The van der Waals surface area contributed by atoms with Crippen molar-refractivity contribution in [1.82, 2.24) is 0 Å². The molecule has 0 heterocycles. The summed E-state index contributed by atoms with van der Waals surface area (Å²) in [5, 5.41) is 0. The first-order valence-electron chi connectivity index (χ1n) is 16.1. The van der Waals surface area contributed by atoms with Gasteiger partial charge >= 0.3 is 0 Å². The summed E-state index contributed by atoms with van der Waals surface area (Å²) in [7, 11) is 0. The topological polar surface area (TPSA) is 26.3 Å². The van der Waals surface area contributed by atoms with Crippen LogP contribution in [-0.2, 0) is 9.53 Å². The second-order valence-electron chi connectivity index (χ2n) is 12.6. The molecule has 228 valence electrons. The molecule has 0 aromatic carbocycles. The SMILES string of the molecule is C=C(CC/C=C(\C)CCC=C(C)C)CC[C@H]1C=C(CC/C=C(\C)CCC=C(C)C)C[C@@H](C)C1.CCCCOC=O. The fourth-order valence-corrected chi connectivity index (χ4v) is 5.10. The number of rotatable bonds is 19. The van der Waals surface area contributed by atoms with E-state index in [0.717, 1.165) is 37.5 Å². The lowest BCUT2D eigenvalue weighted by Crippen LogP contribution is -2.12. The van der Waals surface area contributed by atoms with Gasteiger partial charge in [0.15, 0.2) is 0 Å². The van der Waals surface area contributed by atoms with Crippen molar-refractivity contribution in [3.05, 3.63) is 70.4 Å². The van der Waals surface area contributed by atoms with Crippen molar-refractivity contribution in [2.24, 2.45) is 11.8 Å². The lowest BCUT2D eigenvalue weighted by atomic mass is 9.79. The number of hydrogen-bond acceptors (Lipinski definition) is 2. The maximum absolute atomic E-state index is 9.46. The molecule has 1 aliphatic rings. The second-order valence-corrected chi connectivity index (χ2v) is 12.6. The molecule has 1 aliphatic carbocycles. The number of unbranched alkanes of at least 4 members (excludes halogenated alkanes) is 1. The molecule has 0 aromatic rings. The van der Waals surface area contributed by atoms with Crippen LogP contribution in [0.1, 0.15) is 145 Å². The van der Waals surface area contributed by atoms with Gasteiger partial charge in [0, 0.05) is 0 Å². The molecular weight excluding hydrogens is 488 g/mol. The summed E-state index contributed by atoms with van der Waals surface area (Å²) in [5.74, 6) is 1.59. The van der Waals surface area contributed by atoms with Gasteiger partial charge in [-0.05, 0) is 137 Å². The highest BCUT2D eigenvalue weighted by atomic mass is 16.5. The maximum Gasteiger partial charge on any atom is 0.293 e. The summed E-state index contributed by atoms with van der Waals surface area (Å²) in [4.78, 5) is 9.46. The first kappa shape index (κ1) is 37.9. The summed E-state index contributed by atoms with van der Waals surface area (Å²) < 4.78 is 4.39. The Morgan fingerprint density at radius 1 is 0.875 bits per heavy atom. The van der Waals surface area contributed by atoms with Crippen LogP contribution in [0.25, 0.3) is 0 Å². The van der Waals surface area contributed by atoms with Crippen LogP contribution < -0.4 is 0 Å². The molecule has 0 unspecified atom stereocenters. The van der Waals surface area contributed by atoms with Gasteiger partial charge in [-0.2, -0.15) is 0 Å². The molecule has 0 saturated carbocycles. The van der Waals surface area contributed by atoms with Crippen LogP contribution in [0.4, 0.5) is 0 Å². The molecule has 1 rings (SSSR count). The highest BCUT2D eigenvalue weighted by molar-refractivity contribution is 5.36. The molecule has 0 bridgehead atoms. The van der Waals surface area contributed by atoms with E-state index in [1.54, 1.807) is 11.1 Å². The second kappa shape index (κ2) is 24.7. The fraction of sp³-hybridized carbons (Fsp3) is 0.658. The minimum Gasteiger partial charge on any atom is -0.468 e. The Morgan fingerprint density at radius 2 is 1.45 bits per heavy atom. The van der Waals surface area contributed by atoms with Crippen molar-refractivity contribution in [1.29, 1.82) is 0 Å². The molecular formula is C38H64O2. The van der Waals surface area contributed by atoms with E-state index in [4.69, 9.17) is 0 Å². The number of ether oxygens (including phenoxy) is 1. The highest BCUT2D eigenvalue weighted by Gasteiger charge is 2.19. The Bertz CT molecular complexity index is 841. The zero-order valence-corrected chi connectivity index (χ0v) is 27.7. The first-order valence-corrected chi connectivity index (χ1v) is 16.1. The predicted octanol–water partition coefficient (Wildman–Crippen LogP) is 12.2. The summed E-state index contributed by atoms with van der Waals surface area (Å²) in [6.07, 6.45) is 28.9. The highest BCUT2D eigenvalue weighted by Crippen LogP contribution is 2.33. The summed E-state index contributed by atoms with van der Waals surface area (Å²) in [6, 6.07) is 0. The Kier molecular flexibility index (Phi) is 23.4. The molecule has 0 fully saturated rings. The van der Waals surface area contributed by atoms with Gasteiger partial charge in [-0.3, -0.25) is 4.79 Å². The van der Waals surface area contributed by atoms with Gasteiger partial charge in [-0.25, -0.2) is 0 Å². The van der Waals surface area contributed by atoms with Crippen LogP contribution in [0.15, 0.2) is 70.4 Å². The Morgan fingerprint density at radius 3 is 2.00 bits per heavy atom. The van der Waals surface area contributed by atoms with Gasteiger partial charge in [0.05, 0.1) is 6.61 Å². The number of hydrogen-bond donors (Lipinski definition) is 0. The Labute approximate surface area is 249 Å². The molecule has 0 radical (unpaired) electrons. The maximum atomic E-state index is 9.46. The monoisotopic (exact) mass is 552 g/mol. The van der Waals surface area contributed by atoms with Gasteiger partial charge in [0.2, 0.25) is 0 Å². The van der Waals surface area contributed by atoms with Crippen LogP contribution in [0.3, 0.4) is 0 Å². The van der Waals surface area contributed by atoms with E-state index in [2.05, 4.69) is 90.2 Å². The standard InChI is InChI=1S/C33H54.C5H10O2/c1-26(2)13-9-15-28(5)17-11-18-30(7)21-22-33-24-31(8)23-32(25-33)20-12-19-29(6)16-10-14-27(3)4;1-2-3-4-7-5-6/h13-14,17,19,25,31,33H,7,9-12,15-16,18,20-24H2,1-6,8H3;5H,2-4H2,1H3/b28-17+,29-19+;/t31-,33-;/m1./s1. The average Bonchev–Trinajstić information content (AvgIpc) is 2.87. The summed E-state index contributed by atoms with van der Waals surface area (Å²) in [6.45, 7) is 23.2. The largest absolute Gasteiger partial charge is 0.468 e. The molecule has 2 atom stereocenters. The average molecular weight is 553 g/mol. The van der Waals surface area contributed by atoms with E-state index in [1.165, 1.54) is 86.5 Å². The van der Waals surface area contributed by atoms with E-state index >= 15 is 0 Å². The van der Waals surface area contributed by atoms with Gasteiger partial charge < -0.3 is 4.74 Å². The zero-order chi connectivity index (χ0) is 30.2. The van der Waals surface area contributed by atoms with E-state index < -0.39 is 0 Å². The molecule has 2 nitrogen and oxygen atoms in total. The fourth-order valence-electron chi connectivity index (χ4n) is 5.10. The van der Waals surface area contributed by atoms with Crippen LogP contribution >= 0.6 is 0 Å². The van der Waals surface area contributed by atoms with E-state index in [0.29, 0.717) is 13.1 Å². The molecule has 0 aliphatic heterocycles. The first-order chi connectivity index (χ1) is 19.1. The number of allylic oxidation sites excluding steroid dienone is 11. The Hall–Kier alpha value is -2.09. The van der Waals surface area contributed by atoms with Gasteiger partial charge in [0.25, 0.3) is 6.47 Å². The van der Waals surface area contributed by atoms with Crippen molar-refractivity contribution < 1.29 is 9.53 Å². The van der Waals surface area contributed by atoms with Crippen molar-refractivity contribution in [3.8, 4) is 0 Å². The number of carbonyl (C=O) groups excluding carboxylic acids is 1. The van der Waals surface area contributed by atoms with E-state index in [9.17, 15) is 4.79 Å². The lowest BCUT2D eigenvalue weighted by molar-refractivity contribution is -0.128. The zero-order valence-electron chi connectivity index (χ0n) is 27.7. The quantitative estimate of drug-likeness (QED) is 0.0904. The molecule has 0 aromatic heterocycles. The third-order valence-electron chi connectivity index (χ3n) is 7.47. The minimum atomic E-state index is 0.482. The van der Waals surface area contributed by atoms with Gasteiger partial charge in [0.1, 0.15) is 0 Å². The van der Waals surface area contributed by atoms with Crippen LogP contribution in [0, 0.1) is 11.8 Å².